The number of hydrogen-bond acceptors (Lipinski definition) is 4. The van der Waals surface area contributed by atoms with Gasteiger partial charge in [0, 0.05) is 17.5 Å². The normalized spacial score (nSPS) is 21.1. The first-order chi connectivity index (χ1) is 8.57. The van der Waals surface area contributed by atoms with Gasteiger partial charge in [0.1, 0.15) is 0 Å². The van der Waals surface area contributed by atoms with Crippen LogP contribution in [0, 0.1) is 6.92 Å². The predicted octanol–water partition coefficient (Wildman–Crippen LogP) is 1.62. The van der Waals surface area contributed by atoms with Crippen molar-refractivity contribution in [3.05, 3.63) is 21.9 Å². The molecule has 1 aliphatic heterocycles. The van der Waals surface area contributed by atoms with Crippen molar-refractivity contribution in [3.8, 4) is 0 Å². The summed E-state index contributed by atoms with van der Waals surface area (Å²) in [5, 5.41) is 5.25. The summed E-state index contributed by atoms with van der Waals surface area (Å²) in [5.41, 5.74) is 1.15. The third kappa shape index (κ3) is 4.05. The van der Waals surface area contributed by atoms with Crippen LogP contribution in [-0.4, -0.2) is 26.8 Å². The van der Waals surface area contributed by atoms with Crippen LogP contribution in [0.5, 0.6) is 0 Å². The van der Waals surface area contributed by atoms with Crippen molar-refractivity contribution in [1.29, 1.82) is 0 Å². The van der Waals surface area contributed by atoms with Crippen molar-refractivity contribution in [2.24, 2.45) is 0 Å². The quantitative estimate of drug-likeness (QED) is 0.865. The maximum atomic E-state index is 12.0. The lowest BCUT2D eigenvalue weighted by Crippen LogP contribution is -2.42. The zero-order valence-electron chi connectivity index (χ0n) is 10.6. The van der Waals surface area contributed by atoms with Gasteiger partial charge < -0.3 is 5.32 Å². The van der Waals surface area contributed by atoms with Gasteiger partial charge in [0.05, 0.1) is 5.75 Å². The fourth-order valence-electron chi connectivity index (χ4n) is 2.15. The highest BCUT2D eigenvalue weighted by Crippen LogP contribution is 2.15. The molecule has 2 rings (SSSR count). The molecule has 102 valence electrons. The van der Waals surface area contributed by atoms with Gasteiger partial charge in [-0.1, -0.05) is 6.42 Å². The van der Waals surface area contributed by atoms with Crippen molar-refractivity contribution in [2.75, 3.05) is 12.3 Å². The van der Waals surface area contributed by atoms with E-state index in [0.717, 1.165) is 36.2 Å². The molecule has 6 heteroatoms. The summed E-state index contributed by atoms with van der Waals surface area (Å²) in [6.07, 6.45) is 3.23. The lowest BCUT2D eigenvalue weighted by Gasteiger charge is -2.23. The Kier molecular flexibility index (Phi) is 4.77. The summed E-state index contributed by atoms with van der Waals surface area (Å²) >= 11 is 1.59. The fourth-order valence-corrected chi connectivity index (χ4v) is 4.38. The predicted molar refractivity (Wildman–Crippen MR) is 75.3 cm³/mol. The molecule has 1 saturated heterocycles. The minimum Gasteiger partial charge on any atom is -0.313 e. The summed E-state index contributed by atoms with van der Waals surface area (Å²) < 4.78 is 26.6. The summed E-state index contributed by atoms with van der Waals surface area (Å²) in [6, 6.07) is 2.12. The van der Waals surface area contributed by atoms with Crippen molar-refractivity contribution >= 4 is 21.4 Å². The summed E-state index contributed by atoms with van der Waals surface area (Å²) in [6.45, 7) is 3.35. The van der Waals surface area contributed by atoms with E-state index in [2.05, 4.69) is 10.0 Å². The third-order valence-corrected chi connectivity index (χ3v) is 5.70. The monoisotopic (exact) mass is 288 g/mol. The summed E-state index contributed by atoms with van der Waals surface area (Å²) in [5.74, 6) is 0.192. The average molecular weight is 288 g/mol. The molecule has 18 heavy (non-hydrogen) atoms. The molecule has 0 aliphatic carbocycles. The van der Waals surface area contributed by atoms with E-state index in [1.165, 1.54) is 0 Å². The molecule has 0 aromatic carbocycles. The SMILES string of the molecule is Cc1ccsc1CNS(=O)(=O)CC1CCCCN1. The molecule has 1 unspecified atom stereocenters. The molecule has 0 amide bonds. The van der Waals surface area contributed by atoms with Crippen LogP contribution in [0.3, 0.4) is 0 Å². The Morgan fingerprint density at radius 3 is 2.94 bits per heavy atom. The van der Waals surface area contributed by atoms with Crippen molar-refractivity contribution in [1.82, 2.24) is 10.0 Å². The van der Waals surface area contributed by atoms with Crippen LogP contribution in [0.2, 0.25) is 0 Å². The van der Waals surface area contributed by atoms with Crippen molar-refractivity contribution in [2.45, 2.75) is 38.8 Å². The molecule has 0 radical (unpaired) electrons. The minimum atomic E-state index is -3.18. The molecule has 2 N–H and O–H groups in total. The zero-order chi connectivity index (χ0) is 13.0. The molecule has 1 aromatic rings. The van der Waals surface area contributed by atoms with E-state index in [1.807, 2.05) is 18.4 Å². The molecule has 2 heterocycles. The Morgan fingerprint density at radius 2 is 2.33 bits per heavy atom. The van der Waals surface area contributed by atoms with Crippen LogP contribution >= 0.6 is 11.3 Å². The highest BCUT2D eigenvalue weighted by Gasteiger charge is 2.20. The fraction of sp³-hybridized carbons (Fsp3) is 0.667. The standard InChI is InChI=1S/C12H20N2O2S2/c1-10-5-7-17-12(10)8-14-18(15,16)9-11-4-2-3-6-13-11/h5,7,11,13-14H,2-4,6,8-9H2,1H3. The molecule has 1 aromatic heterocycles. The van der Waals surface area contributed by atoms with E-state index in [0.29, 0.717) is 6.54 Å². The first-order valence-corrected chi connectivity index (χ1v) is 8.84. The first-order valence-electron chi connectivity index (χ1n) is 6.30. The van der Waals surface area contributed by atoms with Gasteiger partial charge in [0.25, 0.3) is 0 Å². The number of aryl methyl sites for hydroxylation is 1. The van der Waals surface area contributed by atoms with Crippen LogP contribution in [0.25, 0.3) is 0 Å². The van der Waals surface area contributed by atoms with Gasteiger partial charge in [-0.05, 0) is 43.3 Å². The topological polar surface area (TPSA) is 58.2 Å². The van der Waals surface area contributed by atoms with E-state index in [9.17, 15) is 8.42 Å². The van der Waals surface area contributed by atoms with Gasteiger partial charge in [-0.2, -0.15) is 0 Å². The highest BCUT2D eigenvalue weighted by atomic mass is 32.2. The molecular weight excluding hydrogens is 268 g/mol. The van der Waals surface area contributed by atoms with E-state index in [1.54, 1.807) is 11.3 Å². The Hall–Kier alpha value is -0.430. The first kappa shape index (κ1) is 14.0. The molecule has 0 bridgehead atoms. The lowest BCUT2D eigenvalue weighted by molar-refractivity contribution is 0.422. The van der Waals surface area contributed by atoms with Gasteiger partial charge in [0.2, 0.25) is 10.0 Å². The van der Waals surface area contributed by atoms with Gasteiger partial charge in [-0.15, -0.1) is 11.3 Å². The van der Waals surface area contributed by atoms with E-state index >= 15 is 0 Å². The highest BCUT2D eigenvalue weighted by molar-refractivity contribution is 7.89. The minimum absolute atomic E-state index is 0.112. The number of thiophene rings is 1. The lowest BCUT2D eigenvalue weighted by atomic mass is 10.1. The molecule has 0 spiro atoms. The maximum absolute atomic E-state index is 12.0. The van der Waals surface area contributed by atoms with Crippen LogP contribution in [-0.2, 0) is 16.6 Å². The second-order valence-electron chi connectivity index (χ2n) is 4.78. The van der Waals surface area contributed by atoms with Crippen LogP contribution < -0.4 is 10.0 Å². The Balaban J connectivity index is 1.85. The average Bonchev–Trinajstić information content (AvgIpc) is 2.73. The van der Waals surface area contributed by atoms with Crippen LogP contribution in [0.1, 0.15) is 29.7 Å². The van der Waals surface area contributed by atoms with E-state index < -0.39 is 10.0 Å². The van der Waals surface area contributed by atoms with Crippen LogP contribution in [0.15, 0.2) is 11.4 Å². The largest absolute Gasteiger partial charge is 0.313 e. The van der Waals surface area contributed by atoms with Crippen LogP contribution in [0.4, 0.5) is 0 Å². The molecule has 4 nitrogen and oxygen atoms in total. The molecule has 1 fully saturated rings. The van der Waals surface area contributed by atoms with Crippen molar-refractivity contribution < 1.29 is 8.42 Å². The summed E-state index contributed by atoms with van der Waals surface area (Å²) in [4.78, 5) is 1.09. The molecule has 0 saturated carbocycles. The van der Waals surface area contributed by atoms with Gasteiger partial charge in [0.15, 0.2) is 0 Å². The molecular formula is C12H20N2O2S2. The van der Waals surface area contributed by atoms with Gasteiger partial charge in [-0.25, -0.2) is 13.1 Å². The zero-order valence-corrected chi connectivity index (χ0v) is 12.2. The number of hydrogen-bond donors (Lipinski definition) is 2. The Labute approximate surface area is 113 Å². The van der Waals surface area contributed by atoms with Crippen molar-refractivity contribution in [3.63, 3.8) is 0 Å². The Bertz CT molecular complexity index is 476. The second kappa shape index (κ2) is 6.14. The maximum Gasteiger partial charge on any atom is 0.213 e. The third-order valence-electron chi connectivity index (χ3n) is 3.25. The number of rotatable bonds is 5. The Morgan fingerprint density at radius 1 is 1.50 bits per heavy atom. The van der Waals surface area contributed by atoms with E-state index in [4.69, 9.17) is 0 Å². The van der Waals surface area contributed by atoms with E-state index in [-0.39, 0.29) is 11.8 Å². The second-order valence-corrected chi connectivity index (χ2v) is 7.63. The number of nitrogens with one attached hydrogen (secondary N) is 2. The summed E-state index contributed by atoms with van der Waals surface area (Å²) in [7, 11) is -3.18. The number of piperidine rings is 1. The number of sulfonamides is 1. The molecule has 1 aliphatic rings. The van der Waals surface area contributed by atoms with Gasteiger partial charge >= 0.3 is 0 Å². The smallest absolute Gasteiger partial charge is 0.213 e. The molecule has 1 atom stereocenters. The van der Waals surface area contributed by atoms with Gasteiger partial charge in [-0.3, -0.25) is 0 Å².